The summed E-state index contributed by atoms with van der Waals surface area (Å²) in [4.78, 5) is 11.7. The summed E-state index contributed by atoms with van der Waals surface area (Å²) in [5, 5.41) is 3.24. The normalized spacial score (nSPS) is 16.2. The Hall–Kier alpha value is -1.83. The van der Waals surface area contributed by atoms with Crippen LogP contribution in [0, 0.1) is 6.92 Å². The maximum atomic E-state index is 6.14. The number of hydrogen-bond acceptors (Lipinski definition) is 3. The van der Waals surface area contributed by atoms with Crippen molar-refractivity contribution in [1.82, 2.24) is 4.98 Å². The first-order valence-corrected chi connectivity index (χ1v) is 9.59. The number of nitrogens with two attached hydrogens (primary N) is 1. The standard InChI is InChI=1S/C21H27N5.HI/c1-15-7-8-18(20(24-15)26-11-2-3-12-26)14-23-21(22)25-19-10-9-16-5-4-6-17(16)13-19;/h7-10,13H,2-6,11-12,14H2,1H3,(H3,22,23,25);1H. The van der Waals surface area contributed by atoms with Crippen LogP contribution in [0.3, 0.4) is 0 Å². The van der Waals surface area contributed by atoms with E-state index in [9.17, 15) is 0 Å². The molecule has 0 spiro atoms. The lowest BCUT2D eigenvalue weighted by molar-refractivity contribution is 0.898. The van der Waals surface area contributed by atoms with Crippen molar-refractivity contribution in [2.75, 3.05) is 23.3 Å². The Balaban J connectivity index is 0.00000210. The van der Waals surface area contributed by atoms with Gasteiger partial charge in [0.2, 0.25) is 0 Å². The molecule has 0 radical (unpaired) electrons. The monoisotopic (exact) mass is 477 g/mol. The maximum Gasteiger partial charge on any atom is 0.193 e. The summed E-state index contributed by atoms with van der Waals surface area (Å²) in [6.45, 7) is 4.74. The predicted octanol–water partition coefficient (Wildman–Crippen LogP) is 4.02. The summed E-state index contributed by atoms with van der Waals surface area (Å²) < 4.78 is 0. The number of halogens is 1. The van der Waals surface area contributed by atoms with Gasteiger partial charge in [0.15, 0.2) is 5.96 Å². The number of aryl methyl sites for hydroxylation is 3. The van der Waals surface area contributed by atoms with Crippen molar-refractivity contribution in [1.29, 1.82) is 0 Å². The van der Waals surface area contributed by atoms with Gasteiger partial charge in [0, 0.05) is 30.0 Å². The van der Waals surface area contributed by atoms with Gasteiger partial charge in [-0.15, -0.1) is 24.0 Å². The van der Waals surface area contributed by atoms with Gasteiger partial charge in [0.05, 0.1) is 6.54 Å². The van der Waals surface area contributed by atoms with E-state index in [1.807, 2.05) is 6.92 Å². The number of nitrogens with one attached hydrogen (secondary N) is 1. The van der Waals surface area contributed by atoms with Crippen molar-refractivity contribution >= 4 is 41.4 Å². The number of hydrogen-bond donors (Lipinski definition) is 2. The molecule has 4 rings (SSSR count). The molecule has 27 heavy (non-hydrogen) atoms. The van der Waals surface area contributed by atoms with Crippen LogP contribution in [-0.4, -0.2) is 24.0 Å². The van der Waals surface area contributed by atoms with E-state index in [-0.39, 0.29) is 24.0 Å². The summed E-state index contributed by atoms with van der Waals surface area (Å²) in [5.41, 5.74) is 12.2. The van der Waals surface area contributed by atoms with Gasteiger partial charge in [-0.25, -0.2) is 9.98 Å². The second-order valence-electron chi connectivity index (χ2n) is 7.29. The molecule has 2 heterocycles. The molecular formula is C21H28IN5. The highest BCUT2D eigenvalue weighted by molar-refractivity contribution is 14.0. The van der Waals surface area contributed by atoms with Crippen LogP contribution < -0.4 is 16.0 Å². The highest BCUT2D eigenvalue weighted by Crippen LogP contribution is 2.25. The zero-order valence-electron chi connectivity index (χ0n) is 15.9. The second-order valence-corrected chi connectivity index (χ2v) is 7.29. The molecule has 1 aliphatic carbocycles. The molecule has 1 aromatic heterocycles. The first-order valence-electron chi connectivity index (χ1n) is 9.59. The summed E-state index contributed by atoms with van der Waals surface area (Å²) in [5.74, 6) is 1.52. The van der Waals surface area contributed by atoms with E-state index in [1.54, 1.807) is 0 Å². The Kier molecular flexibility index (Phi) is 6.57. The Labute approximate surface area is 178 Å². The van der Waals surface area contributed by atoms with Gasteiger partial charge in [-0.1, -0.05) is 12.1 Å². The number of pyridine rings is 1. The van der Waals surface area contributed by atoms with Gasteiger partial charge in [0.25, 0.3) is 0 Å². The van der Waals surface area contributed by atoms with Crippen LogP contribution in [0.15, 0.2) is 35.3 Å². The van der Waals surface area contributed by atoms with Crippen molar-refractivity contribution in [3.63, 3.8) is 0 Å². The van der Waals surface area contributed by atoms with Crippen LogP contribution in [0.25, 0.3) is 0 Å². The molecule has 144 valence electrons. The Morgan fingerprint density at radius 2 is 1.89 bits per heavy atom. The molecule has 0 amide bonds. The molecule has 5 nitrogen and oxygen atoms in total. The minimum absolute atomic E-state index is 0. The fourth-order valence-electron chi connectivity index (χ4n) is 3.91. The summed E-state index contributed by atoms with van der Waals surface area (Å²) in [6, 6.07) is 10.7. The molecule has 0 saturated carbocycles. The molecule has 1 aromatic carbocycles. The minimum Gasteiger partial charge on any atom is -0.370 e. The number of aromatic nitrogens is 1. The van der Waals surface area contributed by atoms with E-state index in [0.29, 0.717) is 12.5 Å². The van der Waals surface area contributed by atoms with Gasteiger partial charge >= 0.3 is 0 Å². The zero-order chi connectivity index (χ0) is 17.9. The Bertz CT molecular complexity index is 827. The molecule has 0 atom stereocenters. The minimum atomic E-state index is 0. The van der Waals surface area contributed by atoms with Gasteiger partial charge in [-0.2, -0.15) is 0 Å². The smallest absolute Gasteiger partial charge is 0.193 e. The largest absolute Gasteiger partial charge is 0.370 e. The fraction of sp³-hybridized carbons (Fsp3) is 0.429. The van der Waals surface area contributed by atoms with Crippen molar-refractivity contribution < 1.29 is 0 Å². The molecule has 2 aliphatic rings. The molecule has 1 saturated heterocycles. The van der Waals surface area contributed by atoms with Crippen LogP contribution in [0.2, 0.25) is 0 Å². The molecule has 1 fully saturated rings. The SMILES string of the molecule is Cc1ccc(CN=C(N)Nc2ccc3c(c2)CCC3)c(N2CCCC2)n1.I. The Morgan fingerprint density at radius 3 is 2.70 bits per heavy atom. The number of aliphatic imine (C=N–C) groups is 1. The third-order valence-corrected chi connectivity index (χ3v) is 5.29. The number of fused-ring (bicyclic) bond motifs is 1. The second kappa shape index (κ2) is 8.91. The van der Waals surface area contributed by atoms with Crippen LogP contribution in [0.1, 0.15) is 41.6 Å². The molecule has 6 heteroatoms. The van der Waals surface area contributed by atoms with E-state index >= 15 is 0 Å². The molecular weight excluding hydrogens is 449 g/mol. The number of nitrogens with zero attached hydrogens (tertiary/aromatic N) is 3. The van der Waals surface area contributed by atoms with E-state index in [4.69, 9.17) is 10.7 Å². The number of anilines is 2. The lowest BCUT2D eigenvalue weighted by atomic mass is 10.1. The lowest BCUT2D eigenvalue weighted by Gasteiger charge is -2.20. The lowest BCUT2D eigenvalue weighted by Crippen LogP contribution is -2.24. The Morgan fingerprint density at radius 1 is 1.11 bits per heavy atom. The third kappa shape index (κ3) is 4.72. The van der Waals surface area contributed by atoms with Gasteiger partial charge in [-0.05, 0) is 68.4 Å². The van der Waals surface area contributed by atoms with Crippen molar-refractivity contribution in [2.45, 2.75) is 45.6 Å². The van der Waals surface area contributed by atoms with E-state index in [0.717, 1.165) is 42.3 Å². The van der Waals surface area contributed by atoms with Crippen molar-refractivity contribution in [3.8, 4) is 0 Å². The van der Waals surface area contributed by atoms with Crippen molar-refractivity contribution in [2.24, 2.45) is 10.7 Å². The first kappa shape index (κ1) is 19.9. The summed E-state index contributed by atoms with van der Waals surface area (Å²) >= 11 is 0. The average Bonchev–Trinajstić information content (AvgIpc) is 3.32. The van der Waals surface area contributed by atoms with E-state index < -0.39 is 0 Å². The quantitative estimate of drug-likeness (QED) is 0.397. The number of benzene rings is 1. The average molecular weight is 477 g/mol. The molecule has 0 bridgehead atoms. The predicted molar refractivity (Wildman–Crippen MR) is 123 cm³/mol. The van der Waals surface area contributed by atoms with E-state index in [2.05, 4.69) is 45.5 Å². The van der Waals surface area contributed by atoms with E-state index in [1.165, 1.54) is 36.8 Å². The summed E-state index contributed by atoms with van der Waals surface area (Å²) in [6.07, 6.45) is 6.08. The maximum absolute atomic E-state index is 6.14. The van der Waals surface area contributed by atoms with Crippen molar-refractivity contribution in [3.05, 3.63) is 52.7 Å². The molecule has 0 unspecified atom stereocenters. The number of rotatable bonds is 4. The van der Waals surface area contributed by atoms with Crippen LogP contribution in [0.5, 0.6) is 0 Å². The fourth-order valence-corrected chi connectivity index (χ4v) is 3.91. The molecule has 3 N–H and O–H groups in total. The molecule has 1 aliphatic heterocycles. The van der Waals surface area contributed by atoms with Gasteiger partial charge < -0.3 is 16.0 Å². The summed E-state index contributed by atoms with van der Waals surface area (Å²) in [7, 11) is 0. The first-order chi connectivity index (χ1) is 12.7. The third-order valence-electron chi connectivity index (χ3n) is 5.29. The molecule has 2 aromatic rings. The topological polar surface area (TPSA) is 66.5 Å². The van der Waals surface area contributed by atoms with Gasteiger partial charge in [0.1, 0.15) is 5.82 Å². The number of guanidine groups is 1. The zero-order valence-corrected chi connectivity index (χ0v) is 18.2. The van der Waals surface area contributed by atoms with Crippen LogP contribution in [-0.2, 0) is 19.4 Å². The van der Waals surface area contributed by atoms with Gasteiger partial charge in [-0.3, -0.25) is 0 Å². The highest BCUT2D eigenvalue weighted by atomic mass is 127. The van der Waals surface area contributed by atoms with Crippen LogP contribution in [0.4, 0.5) is 11.5 Å². The highest BCUT2D eigenvalue weighted by Gasteiger charge is 2.17. The van der Waals surface area contributed by atoms with Crippen LogP contribution >= 0.6 is 24.0 Å².